The van der Waals surface area contributed by atoms with Crippen molar-refractivity contribution < 1.29 is 0 Å². The lowest BCUT2D eigenvalue weighted by molar-refractivity contribution is 0.0412. The monoisotopic (exact) mass is 252 g/mol. The summed E-state index contributed by atoms with van der Waals surface area (Å²) < 4.78 is 0. The molecule has 2 heteroatoms. The lowest BCUT2D eigenvalue weighted by atomic mass is 9.77. The zero-order chi connectivity index (χ0) is 13.0. The fraction of sp³-hybridized carbons (Fsp3) is 1.00. The minimum atomic E-state index is 0.874. The maximum Gasteiger partial charge on any atom is 0.0146 e. The van der Waals surface area contributed by atoms with Crippen LogP contribution in [0.1, 0.15) is 52.9 Å². The molecule has 1 saturated carbocycles. The van der Waals surface area contributed by atoms with Crippen LogP contribution in [-0.4, -0.2) is 37.1 Å². The van der Waals surface area contributed by atoms with Crippen molar-refractivity contribution in [2.24, 2.45) is 17.8 Å². The van der Waals surface area contributed by atoms with E-state index in [9.17, 15) is 0 Å². The second-order valence-corrected chi connectivity index (χ2v) is 6.66. The summed E-state index contributed by atoms with van der Waals surface area (Å²) in [6, 6.07) is 0.874. The van der Waals surface area contributed by atoms with Crippen molar-refractivity contribution in [3.05, 3.63) is 0 Å². The van der Waals surface area contributed by atoms with Gasteiger partial charge in [0, 0.05) is 6.04 Å². The molecule has 0 aromatic carbocycles. The van der Waals surface area contributed by atoms with Crippen molar-refractivity contribution >= 4 is 0 Å². The Bertz CT molecular complexity index is 223. The summed E-state index contributed by atoms with van der Waals surface area (Å²) in [5.41, 5.74) is 0. The van der Waals surface area contributed by atoms with E-state index in [0.29, 0.717) is 0 Å². The summed E-state index contributed by atoms with van der Waals surface area (Å²) in [5, 5.41) is 3.51. The van der Waals surface area contributed by atoms with E-state index in [1.165, 1.54) is 51.7 Å². The summed E-state index contributed by atoms with van der Waals surface area (Å²) >= 11 is 0. The largest absolute Gasteiger partial charge is 0.317 e. The zero-order valence-electron chi connectivity index (χ0n) is 12.6. The van der Waals surface area contributed by atoms with Crippen LogP contribution in [0.3, 0.4) is 0 Å². The van der Waals surface area contributed by atoms with Gasteiger partial charge in [0.1, 0.15) is 0 Å². The van der Waals surface area contributed by atoms with Crippen LogP contribution in [0.15, 0.2) is 0 Å². The molecule has 1 aliphatic heterocycles. The van der Waals surface area contributed by atoms with Crippen LogP contribution in [0.25, 0.3) is 0 Å². The van der Waals surface area contributed by atoms with Crippen LogP contribution in [-0.2, 0) is 0 Å². The molecule has 2 atom stereocenters. The van der Waals surface area contributed by atoms with Crippen LogP contribution < -0.4 is 5.32 Å². The van der Waals surface area contributed by atoms with Gasteiger partial charge in [0.25, 0.3) is 0 Å². The fourth-order valence-corrected chi connectivity index (χ4v) is 4.19. The minimum Gasteiger partial charge on any atom is -0.317 e. The van der Waals surface area contributed by atoms with Gasteiger partial charge in [-0.1, -0.05) is 27.2 Å². The molecule has 106 valence electrons. The number of nitrogens with one attached hydrogen (secondary N) is 1. The highest BCUT2D eigenvalue weighted by molar-refractivity contribution is 4.88. The van der Waals surface area contributed by atoms with Crippen LogP contribution in [0.4, 0.5) is 0 Å². The first-order chi connectivity index (χ1) is 8.72. The van der Waals surface area contributed by atoms with E-state index in [-0.39, 0.29) is 0 Å². The summed E-state index contributed by atoms with van der Waals surface area (Å²) in [6.45, 7) is 12.2. The Balaban J connectivity index is 1.81. The SMILES string of the molecule is CCNCC1CCN(C2C(C)CCCC2C)CC1. The number of piperidine rings is 1. The van der Waals surface area contributed by atoms with Gasteiger partial charge in [-0.3, -0.25) is 4.90 Å². The van der Waals surface area contributed by atoms with Crippen molar-refractivity contribution in [1.29, 1.82) is 0 Å². The van der Waals surface area contributed by atoms with Crippen LogP contribution in [0.5, 0.6) is 0 Å². The fourth-order valence-electron chi connectivity index (χ4n) is 4.19. The number of hydrogen-bond donors (Lipinski definition) is 1. The Kier molecular flexibility index (Phi) is 5.50. The van der Waals surface area contributed by atoms with Crippen molar-refractivity contribution in [2.45, 2.75) is 58.9 Å². The first kappa shape index (κ1) is 14.3. The minimum absolute atomic E-state index is 0.874. The smallest absolute Gasteiger partial charge is 0.0146 e. The van der Waals surface area contributed by atoms with Crippen LogP contribution in [0.2, 0.25) is 0 Å². The normalized spacial score (nSPS) is 35.8. The second kappa shape index (κ2) is 6.91. The third-order valence-corrected chi connectivity index (χ3v) is 5.24. The molecule has 0 amide bonds. The summed E-state index contributed by atoms with van der Waals surface area (Å²) in [7, 11) is 0. The van der Waals surface area contributed by atoms with Gasteiger partial charge < -0.3 is 5.32 Å². The van der Waals surface area contributed by atoms with Gasteiger partial charge in [0.05, 0.1) is 0 Å². The van der Waals surface area contributed by atoms with Crippen LogP contribution >= 0.6 is 0 Å². The van der Waals surface area contributed by atoms with Gasteiger partial charge in [-0.25, -0.2) is 0 Å². The van der Waals surface area contributed by atoms with Gasteiger partial charge in [-0.05, 0) is 69.6 Å². The van der Waals surface area contributed by atoms with Gasteiger partial charge in [0.15, 0.2) is 0 Å². The molecule has 1 heterocycles. The van der Waals surface area contributed by atoms with E-state index in [0.717, 1.165) is 30.3 Å². The molecule has 0 aromatic rings. The van der Waals surface area contributed by atoms with Gasteiger partial charge in [0.2, 0.25) is 0 Å². The molecular weight excluding hydrogens is 220 g/mol. The molecule has 1 aliphatic carbocycles. The highest BCUT2D eigenvalue weighted by atomic mass is 15.2. The van der Waals surface area contributed by atoms with Gasteiger partial charge >= 0.3 is 0 Å². The molecule has 1 N–H and O–H groups in total. The molecule has 2 nitrogen and oxygen atoms in total. The maximum atomic E-state index is 3.51. The molecule has 2 rings (SSSR count). The average Bonchev–Trinajstić information content (AvgIpc) is 2.37. The first-order valence-electron chi connectivity index (χ1n) is 8.17. The van der Waals surface area contributed by atoms with E-state index < -0.39 is 0 Å². The Morgan fingerprint density at radius 3 is 2.17 bits per heavy atom. The average molecular weight is 252 g/mol. The van der Waals surface area contributed by atoms with E-state index in [4.69, 9.17) is 0 Å². The second-order valence-electron chi connectivity index (χ2n) is 6.66. The number of hydrogen-bond acceptors (Lipinski definition) is 2. The predicted molar refractivity (Wildman–Crippen MR) is 78.8 cm³/mol. The molecule has 0 spiro atoms. The Labute approximate surface area is 114 Å². The highest BCUT2D eigenvalue weighted by Crippen LogP contribution is 2.34. The molecule has 1 saturated heterocycles. The van der Waals surface area contributed by atoms with Gasteiger partial charge in [-0.15, -0.1) is 0 Å². The Morgan fingerprint density at radius 1 is 1.00 bits per heavy atom. The van der Waals surface area contributed by atoms with Crippen molar-refractivity contribution in [2.75, 3.05) is 26.2 Å². The molecule has 0 radical (unpaired) electrons. The molecule has 0 aromatic heterocycles. The Morgan fingerprint density at radius 2 is 1.61 bits per heavy atom. The first-order valence-corrected chi connectivity index (χ1v) is 8.17. The van der Waals surface area contributed by atoms with Crippen molar-refractivity contribution in [1.82, 2.24) is 10.2 Å². The third-order valence-electron chi connectivity index (χ3n) is 5.24. The summed E-state index contributed by atoms with van der Waals surface area (Å²) in [6.07, 6.45) is 7.17. The predicted octanol–water partition coefficient (Wildman–Crippen LogP) is 3.13. The van der Waals surface area contributed by atoms with Crippen LogP contribution in [0, 0.1) is 17.8 Å². The number of nitrogens with zero attached hydrogens (tertiary/aromatic N) is 1. The standard InChI is InChI=1S/C16H32N2/c1-4-17-12-15-8-10-18(11-9-15)16-13(2)6-5-7-14(16)3/h13-17H,4-12H2,1-3H3. The highest BCUT2D eigenvalue weighted by Gasteiger charge is 2.34. The van der Waals surface area contributed by atoms with E-state index in [2.05, 4.69) is 31.0 Å². The molecule has 2 fully saturated rings. The molecule has 18 heavy (non-hydrogen) atoms. The van der Waals surface area contributed by atoms with Crippen molar-refractivity contribution in [3.63, 3.8) is 0 Å². The molecule has 0 bridgehead atoms. The number of likely N-dealkylation sites (tertiary alicyclic amines) is 1. The quantitative estimate of drug-likeness (QED) is 0.827. The molecule has 2 unspecified atom stereocenters. The summed E-state index contributed by atoms with van der Waals surface area (Å²) in [4.78, 5) is 2.82. The van der Waals surface area contributed by atoms with E-state index in [1.807, 2.05) is 0 Å². The maximum absolute atomic E-state index is 3.51. The van der Waals surface area contributed by atoms with E-state index in [1.54, 1.807) is 0 Å². The molecular formula is C16H32N2. The van der Waals surface area contributed by atoms with E-state index >= 15 is 0 Å². The lowest BCUT2D eigenvalue weighted by Crippen LogP contribution is -2.50. The summed E-state index contributed by atoms with van der Waals surface area (Å²) in [5.74, 6) is 2.76. The van der Waals surface area contributed by atoms with Gasteiger partial charge in [-0.2, -0.15) is 0 Å². The number of rotatable bonds is 4. The lowest BCUT2D eigenvalue weighted by Gasteiger charge is -2.45. The zero-order valence-corrected chi connectivity index (χ0v) is 12.6. The third kappa shape index (κ3) is 3.48. The Hall–Kier alpha value is -0.0800. The van der Waals surface area contributed by atoms with Crippen molar-refractivity contribution in [3.8, 4) is 0 Å². The topological polar surface area (TPSA) is 15.3 Å². The molecule has 2 aliphatic rings.